The highest BCUT2D eigenvalue weighted by molar-refractivity contribution is 6.35. The molecule has 1 fully saturated rings. The van der Waals surface area contributed by atoms with E-state index in [9.17, 15) is 11.0 Å². The van der Waals surface area contributed by atoms with Crippen molar-refractivity contribution in [2.45, 2.75) is 31.3 Å². The molecule has 1 saturated carbocycles. The molecule has 1 aliphatic carbocycles. The Morgan fingerprint density at radius 2 is 2.10 bits per heavy atom. The molecule has 9 nitrogen and oxygen atoms in total. The Kier molecular flexibility index (Phi) is 6.36. The quantitative estimate of drug-likeness (QED) is 0.239. The number of hydrazine groups is 2. The van der Waals surface area contributed by atoms with E-state index in [0.29, 0.717) is 63.1 Å². The van der Waals surface area contributed by atoms with Gasteiger partial charge in [0.15, 0.2) is 0 Å². The summed E-state index contributed by atoms with van der Waals surface area (Å²) < 4.78 is 25.3. The van der Waals surface area contributed by atoms with E-state index in [2.05, 4.69) is 37.6 Å². The molecule has 0 unspecified atom stereocenters. The predicted molar refractivity (Wildman–Crippen MR) is 149 cm³/mol. The molecule has 0 saturated heterocycles. The number of hydrogen-bond acceptors (Lipinski definition) is 8. The number of halogens is 2. The van der Waals surface area contributed by atoms with Gasteiger partial charge < -0.3 is 20.6 Å². The van der Waals surface area contributed by atoms with Gasteiger partial charge in [-0.05, 0) is 42.7 Å². The summed E-state index contributed by atoms with van der Waals surface area (Å²) >= 11 is 6.71. The molecule has 0 bridgehead atoms. The first-order valence-corrected chi connectivity index (χ1v) is 13.0. The fourth-order valence-electron chi connectivity index (χ4n) is 4.60. The number of rotatable bonds is 9. The number of anilines is 2. The van der Waals surface area contributed by atoms with Crippen LogP contribution in [0.15, 0.2) is 66.9 Å². The van der Waals surface area contributed by atoms with Crippen molar-refractivity contribution in [2.24, 2.45) is 7.05 Å². The molecule has 0 amide bonds. The number of nitrogens with zero attached hydrogens (tertiary/aromatic N) is 5. The molecule has 39 heavy (non-hydrogen) atoms. The summed E-state index contributed by atoms with van der Waals surface area (Å²) in [5.74, 6) is 0.525. The summed E-state index contributed by atoms with van der Waals surface area (Å²) in [5.41, 5.74) is 9.34. The zero-order valence-corrected chi connectivity index (χ0v) is 21.9. The van der Waals surface area contributed by atoms with Crippen LogP contribution < -0.4 is 21.6 Å². The molecule has 3 heterocycles. The van der Waals surface area contributed by atoms with Crippen LogP contribution in [0.25, 0.3) is 10.9 Å². The number of nitrogens with one attached hydrogen (secondary N) is 4. The minimum atomic E-state index is -1.52. The standard InChI is InChI=1S/C28H27ClFN9/c1-38-11-10-32-25(38)8-9-33-26-18(14-31)15-34-28-22(26)12-20(13-23(28)29)35-27(17-2-4-19(30)5-3-17)24-16-39(37-36-24)21-6-7-21/h2-5,10-13,15-16,21,27,35-37H,6-9H2,1H3,(H,33,34)/t27-/m1/s1/i27D. The SMILES string of the molecule is [2H][C@](Nc1cc(Cl)c2ncc(C#N)c(NCCc3nccn3C)c2c1)(C1=CN(C2CC2)NN1)c1ccc(F)cc1. The molecule has 198 valence electrons. The third-order valence-corrected chi connectivity index (χ3v) is 7.10. The van der Waals surface area contributed by atoms with E-state index in [1.807, 2.05) is 35.1 Å². The summed E-state index contributed by atoms with van der Waals surface area (Å²) in [6.07, 6.45) is 9.78. The smallest absolute Gasteiger partial charge is 0.123 e. The van der Waals surface area contributed by atoms with Crippen molar-refractivity contribution in [2.75, 3.05) is 17.2 Å². The van der Waals surface area contributed by atoms with Crippen LogP contribution in [0.5, 0.6) is 0 Å². The van der Waals surface area contributed by atoms with E-state index in [-0.39, 0.29) is 5.82 Å². The summed E-state index contributed by atoms with van der Waals surface area (Å²) in [6.45, 7) is 0.533. The van der Waals surface area contributed by atoms with Gasteiger partial charge in [-0.3, -0.25) is 9.99 Å². The Hall–Kier alpha value is -4.33. The summed E-state index contributed by atoms with van der Waals surface area (Å²) in [7, 11) is 1.94. The molecule has 1 aliphatic heterocycles. The van der Waals surface area contributed by atoms with Crippen molar-refractivity contribution in [1.82, 2.24) is 30.5 Å². The first kappa shape index (κ1) is 23.8. The Morgan fingerprint density at radius 3 is 2.82 bits per heavy atom. The van der Waals surface area contributed by atoms with Crippen LogP contribution in [-0.2, 0) is 13.5 Å². The second-order valence-electron chi connectivity index (χ2n) is 9.57. The molecule has 4 N–H and O–H groups in total. The number of pyridine rings is 1. The molecule has 11 heteroatoms. The van der Waals surface area contributed by atoms with Crippen molar-refractivity contribution < 1.29 is 5.76 Å². The molecular weight excluding hydrogens is 517 g/mol. The highest BCUT2D eigenvalue weighted by Gasteiger charge is 2.32. The van der Waals surface area contributed by atoms with Crippen molar-refractivity contribution in [3.8, 4) is 6.07 Å². The van der Waals surface area contributed by atoms with E-state index >= 15 is 0 Å². The molecule has 0 spiro atoms. The third kappa shape index (κ3) is 5.19. The Morgan fingerprint density at radius 1 is 1.28 bits per heavy atom. The Balaban J connectivity index is 1.38. The van der Waals surface area contributed by atoms with E-state index in [1.165, 1.54) is 18.3 Å². The number of aromatic nitrogens is 3. The van der Waals surface area contributed by atoms with Crippen molar-refractivity contribution in [3.63, 3.8) is 0 Å². The fourth-order valence-corrected chi connectivity index (χ4v) is 4.87. The molecule has 4 aromatic rings. The van der Waals surface area contributed by atoms with Gasteiger partial charge >= 0.3 is 0 Å². The summed E-state index contributed by atoms with van der Waals surface area (Å²) in [6, 6.07) is 10.4. The first-order chi connectivity index (χ1) is 19.4. The Bertz CT molecular complexity index is 1640. The normalized spacial score (nSPS) is 16.7. The van der Waals surface area contributed by atoms with Gasteiger partial charge in [-0.15, -0.1) is 5.53 Å². The lowest BCUT2D eigenvalue weighted by molar-refractivity contribution is 0.260. The molecule has 2 aromatic heterocycles. The van der Waals surface area contributed by atoms with Gasteiger partial charge in [0.05, 0.1) is 34.9 Å². The molecule has 1 atom stereocenters. The van der Waals surface area contributed by atoms with Gasteiger partial charge in [0.1, 0.15) is 17.7 Å². The summed E-state index contributed by atoms with van der Waals surface area (Å²) in [4.78, 5) is 8.80. The predicted octanol–water partition coefficient (Wildman–Crippen LogP) is 4.77. The number of fused-ring (bicyclic) bond motifs is 1. The topological polar surface area (TPSA) is 106 Å². The van der Waals surface area contributed by atoms with Crippen LogP contribution in [0.4, 0.5) is 15.8 Å². The maximum absolute atomic E-state index is 13.8. The summed E-state index contributed by atoms with van der Waals surface area (Å²) in [5, 5.41) is 19.5. The maximum atomic E-state index is 13.8. The van der Waals surface area contributed by atoms with Gasteiger partial charge in [0.25, 0.3) is 0 Å². The first-order valence-electron chi connectivity index (χ1n) is 13.1. The average molecular weight is 545 g/mol. The highest BCUT2D eigenvalue weighted by Crippen LogP contribution is 2.36. The minimum absolute atomic E-state index is 0.365. The van der Waals surface area contributed by atoms with Crippen LogP contribution in [0, 0.1) is 17.1 Å². The van der Waals surface area contributed by atoms with Gasteiger partial charge in [0, 0.05) is 61.9 Å². The van der Waals surface area contributed by atoms with E-state index in [1.54, 1.807) is 24.4 Å². The van der Waals surface area contributed by atoms with Gasteiger partial charge in [0.2, 0.25) is 0 Å². The molecule has 0 radical (unpaired) electrons. The van der Waals surface area contributed by atoms with E-state index in [4.69, 9.17) is 11.6 Å². The zero-order chi connectivity index (χ0) is 27.9. The van der Waals surface area contributed by atoms with E-state index < -0.39 is 6.02 Å². The van der Waals surface area contributed by atoms with Crippen molar-refractivity contribution in [3.05, 3.63) is 94.7 Å². The lowest BCUT2D eigenvalue weighted by Gasteiger charge is -2.22. The third-order valence-electron chi connectivity index (χ3n) is 6.82. The number of hydrogen-bond donors (Lipinski definition) is 4. The zero-order valence-electron chi connectivity index (χ0n) is 22.2. The average Bonchev–Trinajstić information content (AvgIpc) is 3.52. The second kappa shape index (κ2) is 10.4. The molecule has 2 aromatic carbocycles. The molecule has 6 rings (SSSR count). The molecular formula is C28H27ClFN9. The van der Waals surface area contributed by atoms with Crippen molar-refractivity contribution in [1.29, 1.82) is 5.26 Å². The van der Waals surface area contributed by atoms with Gasteiger partial charge in [-0.25, -0.2) is 9.37 Å². The van der Waals surface area contributed by atoms with Crippen LogP contribution in [0.3, 0.4) is 0 Å². The molecule has 2 aliphatic rings. The highest BCUT2D eigenvalue weighted by atomic mass is 35.5. The monoisotopic (exact) mass is 544 g/mol. The number of imidazole rings is 1. The minimum Gasteiger partial charge on any atom is -0.383 e. The van der Waals surface area contributed by atoms with E-state index in [0.717, 1.165) is 18.7 Å². The lowest BCUT2D eigenvalue weighted by Crippen LogP contribution is -2.38. The Labute approximate surface area is 231 Å². The second-order valence-corrected chi connectivity index (χ2v) is 9.98. The van der Waals surface area contributed by atoms with Crippen LogP contribution in [-0.4, -0.2) is 32.1 Å². The fraction of sp³-hybridized carbons (Fsp3) is 0.250. The lowest BCUT2D eigenvalue weighted by atomic mass is 10.0. The number of nitriles is 1. The van der Waals surface area contributed by atoms with Gasteiger partial charge in [-0.1, -0.05) is 23.7 Å². The van der Waals surface area contributed by atoms with Crippen LogP contribution in [0.1, 0.15) is 37.2 Å². The largest absolute Gasteiger partial charge is 0.383 e. The van der Waals surface area contributed by atoms with Crippen molar-refractivity contribution >= 4 is 33.9 Å². The van der Waals surface area contributed by atoms with Gasteiger partial charge in [-0.2, -0.15) is 5.26 Å². The van der Waals surface area contributed by atoms with Crippen LogP contribution >= 0.6 is 11.6 Å². The van der Waals surface area contributed by atoms with Crippen LogP contribution in [0.2, 0.25) is 5.02 Å². The number of benzene rings is 2. The maximum Gasteiger partial charge on any atom is 0.123 e. The number of aryl methyl sites for hydroxylation is 1.